The van der Waals surface area contributed by atoms with Crippen LogP contribution in [0.4, 0.5) is 0 Å². The van der Waals surface area contributed by atoms with E-state index in [1.165, 1.54) is 25.4 Å². The second-order valence-electron chi connectivity index (χ2n) is 9.20. The molecule has 1 unspecified atom stereocenters. The zero-order chi connectivity index (χ0) is 30.1. The molecule has 0 aliphatic carbocycles. The summed E-state index contributed by atoms with van der Waals surface area (Å²) in [5, 5.41) is 7.99. The molecule has 4 aromatic carbocycles. The maximum atomic E-state index is 14.2. The van der Waals surface area contributed by atoms with Crippen molar-refractivity contribution in [1.29, 1.82) is 0 Å². The minimum atomic E-state index is -3.99. The first-order valence-electron chi connectivity index (χ1n) is 13.0. The maximum absolute atomic E-state index is 14.2. The number of ketones is 1. The van der Waals surface area contributed by atoms with Crippen molar-refractivity contribution in [1.82, 2.24) is 9.29 Å². The van der Waals surface area contributed by atoms with E-state index in [4.69, 9.17) is 13.2 Å². The molecule has 5 aromatic rings. The lowest BCUT2D eigenvalue weighted by atomic mass is 9.96. The summed E-state index contributed by atoms with van der Waals surface area (Å²) in [4.78, 5) is 14.3. The van der Waals surface area contributed by atoms with E-state index in [0.717, 1.165) is 21.5 Å². The molecule has 3 N–H and O–H groups in total. The minimum Gasteiger partial charge on any atom is -0.495 e. The number of rotatable bonds is 10. The first-order valence-corrected chi connectivity index (χ1v) is 15.7. The SMILES string of the molecule is COc1cccc2c(C(=O)C(NCCc3ccccc3)c3ccccc3)cn(S(=O)(=O)c3ccccc3)c12.N[SH](=O)=O. The number of carbonyl (C=O) groups is 1. The van der Waals surface area contributed by atoms with Crippen molar-refractivity contribution < 1.29 is 26.4 Å². The molecule has 5 rings (SSSR count). The molecule has 0 saturated heterocycles. The number of aromatic nitrogens is 1. The summed E-state index contributed by atoms with van der Waals surface area (Å²) in [5.74, 6) is 0.152. The molecule has 0 saturated carbocycles. The van der Waals surface area contributed by atoms with Crippen LogP contribution in [0.2, 0.25) is 0 Å². The molecule has 0 bridgehead atoms. The molecule has 42 heavy (non-hydrogen) atoms. The molecule has 0 fully saturated rings. The Morgan fingerprint density at radius 1 is 0.881 bits per heavy atom. The van der Waals surface area contributed by atoms with E-state index < -0.39 is 27.0 Å². The van der Waals surface area contributed by atoms with Gasteiger partial charge < -0.3 is 10.1 Å². The van der Waals surface area contributed by atoms with Crippen LogP contribution in [0, 0.1) is 0 Å². The van der Waals surface area contributed by atoms with Gasteiger partial charge in [0, 0.05) is 23.7 Å². The quantitative estimate of drug-likeness (QED) is 0.161. The monoisotopic (exact) mass is 605 g/mol. The fraction of sp³-hybridized carbons (Fsp3) is 0.129. The Morgan fingerprint density at radius 2 is 1.45 bits per heavy atom. The molecule has 218 valence electrons. The number of nitrogens with one attached hydrogen (secondary N) is 1. The van der Waals surface area contributed by atoms with Gasteiger partial charge in [0.05, 0.1) is 18.0 Å². The van der Waals surface area contributed by atoms with Crippen molar-refractivity contribution in [3.63, 3.8) is 0 Å². The van der Waals surface area contributed by atoms with Gasteiger partial charge in [-0.3, -0.25) is 4.79 Å². The van der Waals surface area contributed by atoms with Crippen molar-refractivity contribution in [3.8, 4) is 5.75 Å². The maximum Gasteiger partial charge on any atom is 0.268 e. The Bertz CT molecular complexity index is 1810. The van der Waals surface area contributed by atoms with Crippen LogP contribution in [-0.4, -0.2) is 40.2 Å². The highest BCUT2D eigenvalue weighted by Gasteiger charge is 2.29. The average molecular weight is 606 g/mol. The van der Waals surface area contributed by atoms with Crippen LogP contribution in [0.15, 0.2) is 120 Å². The van der Waals surface area contributed by atoms with Crippen molar-refractivity contribution in [2.45, 2.75) is 17.4 Å². The summed E-state index contributed by atoms with van der Waals surface area (Å²) >= 11 is 0. The Kier molecular flexibility index (Phi) is 10.3. The Labute approximate surface area is 246 Å². The third-order valence-electron chi connectivity index (χ3n) is 6.54. The molecule has 0 aliphatic rings. The zero-order valence-corrected chi connectivity index (χ0v) is 24.5. The number of ether oxygens (including phenoxy) is 1. The van der Waals surface area contributed by atoms with E-state index in [2.05, 4.69) is 22.6 Å². The number of para-hydroxylation sites is 1. The van der Waals surface area contributed by atoms with Gasteiger partial charge in [0.25, 0.3) is 10.0 Å². The number of hydrogen-bond donors (Lipinski definition) is 3. The topological polar surface area (TPSA) is 138 Å². The summed E-state index contributed by atoms with van der Waals surface area (Å²) in [7, 11) is -5.12. The van der Waals surface area contributed by atoms with Crippen LogP contribution in [0.25, 0.3) is 10.9 Å². The van der Waals surface area contributed by atoms with Crippen molar-refractivity contribution in [2.75, 3.05) is 13.7 Å². The lowest BCUT2D eigenvalue weighted by Gasteiger charge is -2.18. The molecular weight excluding hydrogens is 574 g/mol. The minimum absolute atomic E-state index is 0.127. The number of nitrogens with two attached hydrogens (primary N) is 1. The highest BCUT2D eigenvalue weighted by molar-refractivity contribution is 7.90. The molecule has 0 radical (unpaired) electrons. The standard InChI is InChI=1S/C31H28N2O4S.H3NO2S/c1-37-28-19-11-18-26-27(22-33(30(26)28)38(35,36)25-16-9-4-10-17-25)31(34)29(24-14-7-3-8-15-24)32-21-20-23-12-5-2-6-13-23;1-4(2)3/h2-19,22,29,32H,20-21H2,1H3;4H,(H2,1,2,3). The summed E-state index contributed by atoms with van der Waals surface area (Å²) in [6.07, 6.45) is 2.17. The summed E-state index contributed by atoms with van der Waals surface area (Å²) < 4.78 is 51.7. The smallest absolute Gasteiger partial charge is 0.268 e. The summed E-state index contributed by atoms with van der Waals surface area (Å²) in [6.45, 7) is 0.569. The van der Waals surface area contributed by atoms with Crippen molar-refractivity contribution >= 4 is 37.6 Å². The Morgan fingerprint density at radius 3 is 2.05 bits per heavy atom. The van der Waals surface area contributed by atoms with Gasteiger partial charge in [-0.1, -0.05) is 91.0 Å². The average Bonchev–Trinajstić information content (AvgIpc) is 3.41. The van der Waals surface area contributed by atoms with E-state index in [-0.39, 0.29) is 10.7 Å². The largest absolute Gasteiger partial charge is 0.495 e. The number of thiol groups is 1. The number of nitrogens with zero attached hydrogens (tertiary/aromatic N) is 1. The first kappa shape index (κ1) is 30.7. The van der Waals surface area contributed by atoms with Crippen LogP contribution in [-0.2, 0) is 27.3 Å². The van der Waals surface area contributed by atoms with Crippen molar-refractivity contribution in [2.24, 2.45) is 5.14 Å². The van der Waals surface area contributed by atoms with Crippen LogP contribution in [0.5, 0.6) is 5.75 Å². The number of Topliss-reactive ketones (excluding diaryl/α,β-unsaturated/α-hetero) is 1. The van der Waals surface area contributed by atoms with Gasteiger partial charge in [-0.15, -0.1) is 0 Å². The third-order valence-corrected chi connectivity index (χ3v) is 8.22. The summed E-state index contributed by atoms with van der Waals surface area (Å²) in [6, 6.07) is 32.3. The van der Waals surface area contributed by atoms with E-state index >= 15 is 0 Å². The molecular formula is C31H31N3O6S2. The molecule has 9 nitrogen and oxygen atoms in total. The van der Waals surface area contributed by atoms with E-state index in [9.17, 15) is 13.2 Å². The number of methoxy groups -OCH3 is 1. The second-order valence-corrected chi connectivity index (χ2v) is 11.6. The lowest BCUT2D eigenvalue weighted by molar-refractivity contribution is 0.0945. The first-order chi connectivity index (χ1) is 20.2. The Hall–Kier alpha value is -4.29. The number of fused-ring (bicyclic) bond motifs is 1. The number of carbonyl (C=O) groups excluding carboxylic acids is 1. The van der Waals surface area contributed by atoms with Crippen LogP contribution >= 0.6 is 0 Å². The van der Waals surface area contributed by atoms with Gasteiger partial charge in [0.15, 0.2) is 16.7 Å². The van der Waals surface area contributed by atoms with Gasteiger partial charge in [-0.05, 0) is 35.7 Å². The molecule has 1 atom stereocenters. The molecule has 0 aliphatic heterocycles. The number of benzene rings is 4. The van der Waals surface area contributed by atoms with Gasteiger partial charge in [-0.2, -0.15) is 0 Å². The summed E-state index contributed by atoms with van der Waals surface area (Å²) in [5.41, 5.74) is 2.60. The predicted molar refractivity (Wildman–Crippen MR) is 164 cm³/mol. The van der Waals surface area contributed by atoms with E-state index in [1.54, 1.807) is 36.4 Å². The van der Waals surface area contributed by atoms with E-state index in [1.807, 2.05) is 48.5 Å². The predicted octanol–water partition coefficient (Wildman–Crippen LogP) is 4.11. The highest BCUT2D eigenvalue weighted by atomic mass is 32.2. The zero-order valence-electron chi connectivity index (χ0n) is 22.8. The van der Waals surface area contributed by atoms with Crippen molar-refractivity contribution in [3.05, 3.63) is 132 Å². The van der Waals surface area contributed by atoms with Crippen LogP contribution in [0.1, 0.15) is 27.5 Å². The van der Waals surface area contributed by atoms with E-state index in [0.29, 0.717) is 28.8 Å². The highest BCUT2D eigenvalue weighted by Crippen LogP contribution is 2.34. The molecule has 1 heterocycles. The lowest BCUT2D eigenvalue weighted by Crippen LogP contribution is -2.30. The Balaban J connectivity index is 0.000000952. The van der Waals surface area contributed by atoms with Gasteiger partial charge in [0.2, 0.25) is 0 Å². The molecule has 0 spiro atoms. The molecule has 0 amide bonds. The fourth-order valence-electron chi connectivity index (χ4n) is 4.64. The van der Waals surface area contributed by atoms with Crippen LogP contribution in [0.3, 0.4) is 0 Å². The molecule has 11 heteroatoms. The molecule has 1 aromatic heterocycles. The van der Waals surface area contributed by atoms with Gasteiger partial charge in [-0.25, -0.2) is 25.9 Å². The van der Waals surface area contributed by atoms with Gasteiger partial charge in [0.1, 0.15) is 11.3 Å². The second kappa shape index (κ2) is 14.1. The normalized spacial score (nSPS) is 12.0. The third kappa shape index (κ3) is 7.12. The van der Waals surface area contributed by atoms with Crippen LogP contribution < -0.4 is 15.2 Å². The number of hydrogen-bond acceptors (Lipinski definition) is 7. The van der Waals surface area contributed by atoms with Gasteiger partial charge >= 0.3 is 0 Å². The fourth-order valence-corrected chi connectivity index (χ4v) is 6.04.